The van der Waals surface area contributed by atoms with Crippen molar-refractivity contribution in [2.24, 2.45) is 5.92 Å². The number of carbonyl (C=O) groups excluding carboxylic acids is 1. The predicted octanol–water partition coefficient (Wildman–Crippen LogP) is 4.78. The molecule has 6 heteroatoms. The van der Waals surface area contributed by atoms with Gasteiger partial charge in [-0.3, -0.25) is 9.20 Å². The van der Waals surface area contributed by atoms with Crippen LogP contribution in [0.1, 0.15) is 38.8 Å². The third kappa shape index (κ3) is 4.05. The molecule has 1 fully saturated rings. The molecule has 2 heterocycles. The maximum absolute atomic E-state index is 13.1. The molecule has 0 atom stereocenters. The summed E-state index contributed by atoms with van der Waals surface area (Å²) in [6.07, 6.45) is 5.70. The van der Waals surface area contributed by atoms with Crippen LogP contribution < -0.4 is 0 Å². The Morgan fingerprint density at radius 1 is 1.33 bits per heavy atom. The second kappa shape index (κ2) is 7.43. The Morgan fingerprint density at radius 2 is 2.07 bits per heavy atom. The van der Waals surface area contributed by atoms with Crippen molar-refractivity contribution < 1.29 is 9.18 Å². The van der Waals surface area contributed by atoms with Crippen LogP contribution in [-0.4, -0.2) is 32.8 Å². The minimum atomic E-state index is -0.244. The van der Waals surface area contributed by atoms with Crippen molar-refractivity contribution in [1.29, 1.82) is 0 Å². The van der Waals surface area contributed by atoms with E-state index < -0.39 is 0 Å². The third-order valence-electron chi connectivity index (χ3n) is 4.92. The van der Waals surface area contributed by atoms with Gasteiger partial charge in [-0.05, 0) is 43.0 Å². The number of benzene rings is 1. The molecule has 2 aromatic heterocycles. The Kier molecular flexibility index (Phi) is 5.00. The van der Waals surface area contributed by atoms with E-state index in [1.165, 1.54) is 17.8 Å². The fraction of sp³-hybridized carbons (Fsp3) is 0.429. The van der Waals surface area contributed by atoms with E-state index in [0.717, 1.165) is 42.0 Å². The van der Waals surface area contributed by atoms with Gasteiger partial charge in [0.2, 0.25) is 5.91 Å². The Morgan fingerprint density at radius 3 is 2.74 bits per heavy atom. The summed E-state index contributed by atoms with van der Waals surface area (Å²) in [6.45, 7) is 4.94. The highest BCUT2D eigenvalue weighted by atomic mass is 32.1. The smallest absolute Gasteiger partial charge is 0.223 e. The van der Waals surface area contributed by atoms with E-state index in [1.54, 1.807) is 23.5 Å². The number of thiazole rings is 1. The Labute approximate surface area is 162 Å². The summed E-state index contributed by atoms with van der Waals surface area (Å²) in [5.74, 6) is 0.418. The highest BCUT2D eigenvalue weighted by molar-refractivity contribution is 7.15. The monoisotopic (exact) mass is 385 g/mol. The zero-order valence-electron chi connectivity index (χ0n) is 15.7. The van der Waals surface area contributed by atoms with Crippen LogP contribution in [-0.2, 0) is 11.2 Å². The molecule has 0 saturated heterocycles. The average molecular weight is 386 g/mol. The van der Waals surface area contributed by atoms with Gasteiger partial charge in [0.15, 0.2) is 4.96 Å². The number of imidazole rings is 1. The number of rotatable bonds is 7. The molecule has 1 aliphatic rings. The number of amides is 1. The normalized spacial score (nSPS) is 14.2. The molecular weight excluding hydrogens is 361 g/mol. The van der Waals surface area contributed by atoms with Gasteiger partial charge in [-0.15, -0.1) is 11.3 Å². The summed E-state index contributed by atoms with van der Waals surface area (Å²) in [5, 5.41) is 2.12. The largest absolute Gasteiger partial charge is 0.339 e. The minimum absolute atomic E-state index is 0.244. The van der Waals surface area contributed by atoms with Gasteiger partial charge in [0, 0.05) is 48.3 Å². The van der Waals surface area contributed by atoms with Crippen LogP contribution in [0.2, 0.25) is 0 Å². The molecule has 0 spiro atoms. The van der Waals surface area contributed by atoms with Crippen LogP contribution in [0, 0.1) is 11.7 Å². The van der Waals surface area contributed by atoms with Gasteiger partial charge in [0.05, 0.1) is 5.69 Å². The third-order valence-corrected chi connectivity index (χ3v) is 5.81. The maximum atomic E-state index is 13.1. The van der Waals surface area contributed by atoms with Crippen LogP contribution in [0.3, 0.4) is 0 Å². The maximum Gasteiger partial charge on any atom is 0.223 e. The molecule has 3 aromatic rings. The highest BCUT2D eigenvalue weighted by Crippen LogP contribution is 2.29. The SMILES string of the molecule is CC(C)CC(=O)N(CCc1csc2nc(-c3ccc(F)cc3)cn12)C1CC1. The fourth-order valence-electron chi connectivity index (χ4n) is 3.37. The molecule has 0 N–H and O–H groups in total. The van der Waals surface area contributed by atoms with Crippen molar-refractivity contribution in [3.05, 3.63) is 47.4 Å². The van der Waals surface area contributed by atoms with Crippen molar-refractivity contribution in [1.82, 2.24) is 14.3 Å². The van der Waals surface area contributed by atoms with E-state index in [4.69, 9.17) is 0 Å². The first-order chi connectivity index (χ1) is 13.0. The molecule has 1 aromatic carbocycles. The first-order valence-electron chi connectivity index (χ1n) is 9.52. The summed E-state index contributed by atoms with van der Waals surface area (Å²) in [6, 6.07) is 6.85. The highest BCUT2D eigenvalue weighted by Gasteiger charge is 2.32. The first kappa shape index (κ1) is 18.2. The van der Waals surface area contributed by atoms with Crippen LogP contribution in [0.4, 0.5) is 4.39 Å². The topological polar surface area (TPSA) is 37.6 Å². The van der Waals surface area contributed by atoms with Gasteiger partial charge in [-0.2, -0.15) is 0 Å². The Balaban J connectivity index is 1.50. The summed E-state index contributed by atoms with van der Waals surface area (Å²) >= 11 is 1.60. The molecule has 0 unspecified atom stereocenters. The van der Waals surface area contributed by atoms with E-state index in [0.29, 0.717) is 18.4 Å². The van der Waals surface area contributed by atoms with Gasteiger partial charge in [0.25, 0.3) is 0 Å². The zero-order valence-corrected chi connectivity index (χ0v) is 16.5. The molecule has 1 saturated carbocycles. The Bertz CT molecular complexity index is 940. The fourth-order valence-corrected chi connectivity index (χ4v) is 4.27. The van der Waals surface area contributed by atoms with E-state index in [-0.39, 0.29) is 11.7 Å². The van der Waals surface area contributed by atoms with Crippen LogP contribution in [0.5, 0.6) is 0 Å². The lowest BCUT2D eigenvalue weighted by Gasteiger charge is -2.23. The molecule has 0 aliphatic heterocycles. The number of halogens is 1. The standard InChI is InChI=1S/C21H24FN3OS/c1-14(2)11-20(26)24(17-7-8-17)10-9-18-13-27-21-23-19(12-25(18)21)15-3-5-16(22)6-4-15/h3-6,12-14,17H,7-11H2,1-2H3. The second-order valence-electron chi connectivity index (χ2n) is 7.68. The van der Waals surface area contributed by atoms with Crippen LogP contribution in [0.25, 0.3) is 16.2 Å². The molecule has 1 aliphatic carbocycles. The van der Waals surface area contributed by atoms with Gasteiger partial charge in [-0.1, -0.05) is 13.8 Å². The lowest BCUT2D eigenvalue weighted by atomic mass is 10.1. The van der Waals surface area contributed by atoms with Crippen molar-refractivity contribution in [3.63, 3.8) is 0 Å². The van der Waals surface area contributed by atoms with Crippen LogP contribution >= 0.6 is 11.3 Å². The van der Waals surface area contributed by atoms with Gasteiger partial charge < -0.3 is 4.90 Å². The summed E-state index contributed by atoms with van der Waals surface area (Å²) in [4.78, 5) is 20.2. The van der Waals surface area contributed by atoms with Gasteiger partial charge in [0.1, 0.15) is 5.82 Å². The number of nitrogens with zero attached hydrogens (tertiary/aromatic N) is 3. The molecule has 4 nitrogen and oxygen atoms in total. The molecule has 142 valence electrons. The number of carbonyl (C=O) groups is 1. The molecule has 0 bridgehead atoms. The number of aromatic nitrogens is 2. The van der Waals surface area contributed by atoms with Crippen LogP contribution in [0.15, 0.2) is 35.8 Å². The van der Waals surface area contributed by atoms with E-state index in [1.807, 2.05) is 6.20 Å². The summed E-state index contributed by atoms with van der Waals surface area (Å²) in [7, 11) is 0. The number of hydrogen-bond donors (Lipinski definition) is 0. The predicted molar refractivity (Wildman–Crippen MR) is 106 cm³/mol. The summed E-state index contributed by atoms with van der Waals surface area (Å²) in [5.41, 5.74) is 2.92. The molecular formula is C21H24FN3OS. The van der Waals surface area contributed by atoms with E-state index >= 15 is 0 Å². The molecule has 4 rings (SSSR count). The van der Waals surface area contributed by atoms with Crippen molar-refractivity contribution >= 4 is 22.2 Å². The first-order valence-corrected chi connectivity index (χ1v) is 10.4. The lowest BCUT2D eigenvalue weighted by Crippen LogP contribution is -2.35. The number of hydrogen-bond acceptors (Lipinski definition) is 3. The van der Waals surface area contributed by atoms with Crippen molar-refractivity contribution in [2.75, 3.05) is 6.54 Å². The zero-order chi connectivity index (χ0) is 19.0. The lowest BCUT2D eigenvalue weighted by molar-refractivity contribution is -0.132. The van der Waals surface area contributed by atoms with Gasteiger partial charge in [-0.25, -0.2) is 9.37 Å². The molecule has 0 radical (unpaired) electrons. The van der Waals surface area contributed by atoms with Crippen molar-refractivity contribution in [3.8, 4) is 11.3 Å². The van der Waals surface area contributed by atoms with E-state index in [2.05, 4.69) is 33.5 Å². The second-order valence-corrected chi connectivity index (χ2v) is 8.52. The number of fused-ring (bicyclic) bond motifs is 1. The average Bonchev–Trinajstić information content (AvgIpc) is 3.25. The van der Waals surface area contributed by atoms with Gasteiger partial charge >= 0.3 is 0 Å². The quantitative estimate of drug-likeness (QED) is 0.587. The Hall–Kier alpha value is -2.21. The molecule has 27 heavy (non-hydrogen) atoms. The van der Waals surface area contributed by atoms with Crippen molar-refractivity contribution in [2.45, 2.75) is 45.6 Å². The summed E-state index contributed by atoms with van der Waals surface area (Å²) < 4.78 is 15.2. The van der Waals surface area contributed by atoms with E-state index in [9.17, 15) is 9.18 Å². The minimum Gasteiger partial charge on any atom is -0.339 e. The molecule has 1 amide bonds.